The summed E-state index contributed by atoms with van der Waals surface area (Å²) in [5.41, 5.74) is 7.22. The van der Waals surface area contributed by atoms with Crippen molar-refractivity contribution in [1.29, 1.82) is 0 Å². The van der Waals surface area contributed by atoms with E-state index in [1.807, 2.05) is 6.92 Å². The van der Waals surface area contributed by atoms with Crippen molar-refractivity contribution in [2.24, 2.45) is 5.73 Å². The lowest BCUT2D eigenvalue weighted by molar-refractivity contribution is 0.133. The van der Waals surface area contributed by atoms with E-state index >= 15 is 0 Å². The van der Waals surface area contributed by atoms with Gasteiger partial charge in [0.15, 0.2) is 0 Å². The fraction of sp³-hybridized carbons (Fsp3) is 0.750. The zero-order valence-corrected chi connectivity index (χ0v) is 11.4. The first-order chi connectivity index (χ1) is 7.43. The Hall–Kier alpha value is -0.450. The van der Waals surface area contributed by atoms with Crippen molar-refractivity contribution in [2.45, 2.75) is 45.6 Å². The first-order valence-electron chi connectivity index (χ1n) is 5.71. The van der Waals surface area contributed by atoms with E-state index < -0.39 is 0 Å². The molecule has 0 fully saturated rings. The van der Waals surface area contributed by atoms with Gasteiger partial charge in [-0.05, 0) is 6.92 Å². The Kier molecular flexibility index (Phi) is 4.89. The van der Waals surface area contributed by atoms with Gasteiger partial charge in [0, 0.05) is 29.9 Å². The van der Waals surface area contributed by atoms with Gasteiger partial charge >= 0.3 is 0 Å². The number of ether oxygens (including phenoxy) is 1. The standard InChI is InChI=1S/C12H22N2OS/c1-5-15-7-9(13)6-11-14-10(8-16-11)12(2,3)4/h8-9H,5-7,13H2,1-4H3. The smallest absolute Gasteiger partial charge is 0.0944 e. The van der Waals surface area contributed by atoms with E-state index in [2.05, 4.69) is 31.1 Å². The molecule has 16 heavy (non-hydrogen) atoms. The lowest BCUT2D eigenvalue weighted by atomic mass is 9.93. The van der Waals surface area contributed by atoms with Gasteiger partial charge in [-0.1, -0.05) is 20.8 Å². The fourth-order valence-electron chi connectivity index (χ4n) is 1.30. The molecule has 4 heteroatoms. The second kappa shape index (κ2) is 5.75. The fourth-order valence-corrected chi connectivity index (χ4v) is 2.42. The maximum absolute atomic E-state index is 5.95. The summed E-state index contributed by atoms with van der Waals surface area (Å²) in [5.74, 6) is 0. The van der Waals surface area contributed by atoms with Crippen molar-refractivity contribution in [3.63, 3.8) is 0 Å². The van der Waals surface area contributed by atoms with Gasteiger partial charge in [-0.3, -0.25) is 0 Å². The molecule has 0 bridgehead atoms. The number of nitrogens with two attached hydrogens (primary N) is 1. The largest absolute Gasteiger partial charge is 0.380 e. The SMILES string of the molecule is CCOCC(N)Cc1nc(C(C)(C)C)cs1. The summed E-state index contributed by atoms with van der Waals surface area (Å²) in [6.07, 6.45) is 0.806. The van der Waals surface area contributed by atoms with Crippen LogP contribution in [0.2, 0.25) is 0 Å². The zero-order valence-electron chi connectivity index (χ0n) is 10.6. The topological polar surface area (TPSA) is 48.1 Å². The van der Waals surface area contributed by atoms with E-state index in [1.54, 1.807) is 11.3 Å². The average molecular weight is 242 g/mol. The Labute approximate surface area is 102 Å². The minimum Gasteiger partial charge on any atom is -0.380 e. The number of rotatable bonds is 5. The van der Waals surface area contributed by atoms with Gasteiger partial charge in [-0.25, -0.2) is 4.98 Å². The van der Waals surface area contributed by atoms with Crippen molar-refractivity contribution >= 4 is 11.3 Å². The molecule has 92 valence electrons. The van der Waals surface area contributed by atoms with Crippen LogP contribution in [0.15, 0.2) is 5.38 Å². The molecular formula is C12H22N2OS. The molecule has 1 aromatic rings. The lowest BCUT2D eigenvalue weighted by Gasteiger charge is -2.14. The first-order valence-corrected chi connectivity index (χ1v) is 6.59. The number of aromatic nitrogens is 1. The summed E-state index contributed by atoms with van der Waals surface area (Å²) in [5, 5.41) is 3.24. The molecule has 0 aromatic carbocycles. The maximum Gasteiger partial charge on any atom is 0.0944 e. The number of thiazole rings is 1. The van der Waals surface area contributed by atoms with Crippen LogP contribution in [0.1, 0.15) is 38.4 Å². The molecule has 0 aliphatic heterocycles. The van der Waals surface area contributed by atoms with Crippen LogP contribution >= 0.6 is 11.3 Å². The zero-order chi connectivity index (χ0) is 12.2. The molecule has 3 nitrogen and oxygen atoms in total. The van der Waals surface area contributed by atoms with Gasteiger partial charge < -0.3 is 10.5 Å². The van der Waals surface area contributed by atoms with Crippen LogP contribution in [0.5, 0.6) is 0 Å². The molecule has 1 unspecified atom stereocenters. The Morgan fingerprint density at radius 2 is 2.19 bits per heavy atom. The average Bonchev–Trinajstić information content (AvgIpc) is 2.62. The van der Waals surface area contributed by atoms with Crippen LogP contribution in [0, 0.1) is 0 Å². The third kappa shape index (κ3) is 4.20. The number of hydrogen-bond donors (Lipinski definition) is 1. The highest BCUT2D eigenvalue weighted by Gasteiger charge is 2.18. The summed E-state index contributed by atoms with van der Waals surface area (Å²) in [6.45, 7) is 9.83. The van der Waals surface area contributed by atoms with Crippen LogP contribution in [0.4, 0.5) is 0 Å². The predicted molar refractivity (Wildman–Crippen MR) is 69.0 cm³/mol. The summed E-state index contributed by atoms with van der Waals surface area (Å²) < 4.78 is 5.29. The molecule has 1 atom stereocenters. The molecule has 0 aliphatic rings. The normalized spacial score (nSPS) is 14.1. The molecule has 0 amide bonds. The minimum atomic E-state index is 0.0546. The summed E-state index contributed by atoms with van der Waals surface area (Å²) >= 11 is 1.69. The molecule has 1 aromatic heterocycles. The third-order valence-corrected chi connectivity index (χ3v) is 3.16. The van der Waals surface area contributed by atoms with Gasteiger partial charge in [0.2, 0.25) is 0 Å². The Morgan fingerprint density at radius 1 is 1.50 bits per heavy atom. The van der Waals surface area contributed by atoms with E-state index in [0.29, 0.717) is 6.61 Å². The molecule has 0 saturated carbocycles. The maximum atomic E-state index is 5.95. The van der Waals surface area contributed by atoms with Gasteiger partial charge in [0.25, 0.3) is 0 Å². The minimum absolute atomic E-state index is 0.0546. The van der Waals surface area contributed by atoms with Gasteiger partial charge in [-0.2, -0.15) is 0 Å². The molecule has 1 rings (SSSR count). The molecule has 1 heterocycles. The molecule has 0 saturated heterocycles. The van der Waals surface area contributed by atoms with E-state index in [4.69, 9.17) is 10.5 Å². The van der Waals surface area contributed by atoms with Crippen LogP contribution in [-0.2, 0) is 16.6 Å². The number of hydrogen-bond acceptors (Lipinski definition) is 4. The van der Waals surface area contributed by atoms with Crippen molar-refractivity contribution in [2.75, 3.05) is 13.2 Å². The highest BCUT2D eigenvalue weighted by molar-refractivity contribution is 7.09. The Balaban J connectivity index is 2.52. The monoisotopic (exact) mass is 242 g/mol. The summed E-state index contributed by atoms with van der Waals surface area (Å²) in [6, 6.07) is 0.0546. The number of nitrogens with zero attached hydrogens (tertiary/aromatic N) is 1. The van der Waals surface area contributed by atoms with Gasteiger partial charge in [0.1, 0.15) is 0 Å². The van der Waals surface area contributed by atoms with Crippen molar-refractivity contribution in [3.8, 4) is 0 Å². The highest BCUT2D eigenvalue weighted by Crippen LogP contribution is 2.24. The third-order valence-electron chi connectivity index (χ3n) is 2.29. The molecular weight excluding hydrogens is 220 g/mol. The predicted octanol–water partition coefficient (Wildman–Crippen LogP) is 2.35. The highest BCUT2D eigenvalue weighted by atomic mass is 32.1. The quantitative estimate of drug-likeness (QED) is 0.862. The van der Waals surface area contributed by atoms with Crippen LogP contribution in [0.3, 0.4) is 0 Å². The van der Waals surface area contributed by atoms with E-state index in [9.17, 15) is 0 Å². The molecule has 0 radical (unpaired) electrons. The second-order valence-corrected chi connectivity index (χ2v) is 5.94. The molecule has 0 spiro atoms. The van der Waals surface area contributed by atoms with Crippen LogP contribution in [0.25, 0.3) is 0 Å². The van der Waals surface area contributed by atoms with E-state index in [1.165, 1.54) is 0 Å². The van der Waals surface area contributed by atoms with Crippen molar-refractivity contribution in [3.05, 3.63) is 16.1 Å². The Morgan fingerprint density at radius 3 is 2.69 bits per heavy atom. The van der Waals surface area contributed by atoms with E-state index in [0.717, 1.165) is 23.7 Å². The molecule has 0 aliphatic carbocycles. The summed E-state index contributed by atoms with van der Waals surface area (Å²) in [7, 11) is 0. The van der Waals surface area contributed by atoms with Crippen LogP contribution in [-0.4, -0.2) is 24.2 Å². The molecule has 2 N–H and O–H groups in total. The van der Waals surface area contributed by atoms with Gasteiger partial charge in [-0.15, -0.1) is 11.3 Å². The van der Waals surface area contributed by atoms with E-state index in [-0.39, 0.29) is 11.5 Å². The van der Waals surface area contributed by atoms with Crippen molar-refractivity contribution < 1.29 is 4.74 Å². The Bertz CT molecular complexity index is 317. The van der Waals surface area contributed by atoms with Gasteiger partial charge in [0.05, 0.1) is 17.3 Å². The second-order valence-electron chi connectivity index (χ2n) is 5.00. The summed E-state index contributed by atoms with van der Waals surface area (Å²) in [4.78, 5) is 4.61. The first kappa shape index (κ1) is 13.6. The van der Waals surface area contributed by atoms with Crippen molar-refractivity contribution in [1.82, 2.24) is 4.98 Å². The lowest BCUT2D eigenvalue weighted by Crippen LogP contribution is -2.28. The van der Waals surface area contributed by atoms with Crippen LogP contribution < -0.4 is 5.73 Å².